The Balaban J connectivity index is 2.89. The summed E-state index contributed by atoms with van der Waals surface area (Å²) in [7, 11) is 0. The van der Waals surface area contributed by atoms with Crippen molar-refractivity contribution in [1.29, 1.82) is 0 Å². The van der Waals surface area contributed by atoms with Gasteiger partial charge in [0.1, 0.15) is 5.75 Å². The third kappa shape index (κ3) is 2.25. The average molecular weight is 195 g/mol. The first-order valence-corrected chi connectivity index (χ1v) is 4.75. The second-order valence-electron chi connectivity index (χ2n) is 3.82. The van der Waals surface area contributed by atoms with Crippen LogP contribution in [0.2, 0.25) is 0 Å². The van der Waals surface area contributed by atoms with Crippen LogP contribution < -0.4 is 5.73 Å². The van der Waals surface area contributed by atoms with Gasteiger partial charge in [-0.1, -0.05) is 32.0 Å². The lowest BCUT2D eigenvalue weighted by Gasteiger charge is -2.22. The van der Waals surface area contributed by atoms with Gasteiger partial charge in [0.15, 0.2) is 0 Å². The lowest BCUT2D eigenvalue weighted by Crippen LogP contribution is -2.30. The quantitative estimate of drug-likeness (QED) is 0.683. The molecule has 78 valence electrons. The number of rotatable bonds is 3. The van der Waals surface area contributed by atoms with E-state index in [1.807, 2.05) is 13.8 Å². The van der Waals surface area contributed by atoms with E-state index in [1.165, 1.54) is 0 Å². The maximum Gasteiger partial charge on any atom is 0.120 e. The molecule has 1 rings (SSSR count). The van der Waals surface area contributed by atoms with Crippen LogP contribution in [0.15, 0.2) is 24.3 Å². The van der Waals surface area contributed by atoms with E-state index in [0.717, 1.165) is 0 Å². The zero-order valence-corrected chi connectivity index (χ0v) is 8.51. The van der Waals surface area contributed by atoms with Crippen LogP contribution in [-0.4, -0.2) is 16.3 Å². The monoisotopic (exact) mass is 195 g/mol. The van der Waals surface area contributed by atoms with Gasteiger partial charge in [-0.15, -0.1) is 0 Å². The number of aliphatic hydroxyl groups excluding tert-OH is 1. The minimum absolute atomic E-state index is 0.0737. The Morgan fingerprint density at radius 1 is 1.21 bits per heavy atom. The molecule has 0 unspecified atom stereocenters. The number of aromatic hydroxyl groups is 1. The largest absolute Gasteiger partial charge is 0.508 e. The zero-order valence-electron chi connectivity index (χ0n) is 8.51. The summed E-state index contributed by atoms with van der Waals surface area (Å²) in [4.78, 5) is 0. The zero-order chi connectivity index (χ0) is 10.7. The van der Waals surface area contributed by atoms with Crippen LogP contribution in [0.3, 0.4) is 0 Å². The highest BCUT2D eigenvalue weighted by molar-refractivity contribution is 5.34. The summed E-state index contributed by atoms with van der Waals surface area (Å²) < 4.78 is 0. The van der Waals surface area contributed by atoms with E-state index in [0.29, 0.717) is 5.56 Å². The Hall–Kier alpha value is -1.06. The molecule has 1 aromatic rings. The van der Waals surface area contributed by atoms with Gasteiger partial charge in [-0.2, -0.15) is 0 Å². The van der Waals surface area contributed by atoms with Gasteiger partial charge in [0.25, 0.3) is 0 Å². The SMILES string of the molecule is CC(C)[C@@H](O)[C@@H](N)c1ccccc1O. The van der Waals surface area contributed by atoms with Crippen molar-refractivity contribution in [3.05, 3.63) is 29.8 Å². The fraction of sp³-hybridized carbons (Fsp3) is 0.455. The Morgan fingerprint density at radius 3 is 2.29 bits per heavy atom. The molecule has 0 saturated carbocycles. The summed E-state index contributed by atoms with van der Waals surface area (Å²) in [6.45, 7) is 3.79. The van der Waals surface area contributed by atoms with E-state index >= 15 is 0 Å². The van der Waals surface area contributed by atoms with Crippen molar-refractivity contribution in [1.82, 2.24) is 0 Å². The lowest BCUT2D eigenvalue weighted by atomic mass is 9.94. The molecule has 3 heteroatoms. The van der Waals surface area contributed by atoms with Crippen molar-refractivity contribution >= 4 is 0 Å². The standard InChI is InChI=1S/C11H17NO2/c1-7(2)11(14)10(12)8-5-3-4-6-9(8)13/h3-7,10-11,13-14H,12H2,1-2H3/t10-,11+/m0/s1. The summed E-state index contributed by atoms with van der Waals surface area (Å²) in [5.41, 5.74) is 6.42. The third-order valence-corrected chi connectivity index (χ3v) is 2.35. The van der Waals surface area contributed by atoms with Crippen LogP contribution >= 0.6 is 0 Å². The highest BCUT2D eigenvalue weighted by Gasteiger charge is 2.21. The molecule has 0 aliphatic carbocycles. The van der Waals surface area contributed by atoms with Gasteiger partial charge in [-0.25, -0.2) is 0 Å². The summed E-state index contributed by atoms with van der Waals surface area (Å²) in [5.74, 6) is 0.212. The molecule has 0 saturated heterocycles. The molecular weight excluding hydrogens is 178 g/mol. The number of hydrogen-bond donors (Lipinski definition) is 3. The predicted molar refractivity (Wildman–Crippen MR) is 55.9 cm³/mol. The summed E-state index contributed by atoms with van der Waals surface area (Å²) in [5, 5.41) is 19.3. The topological polar surface area (TPSA) is 66.5 Å². The van der Waals surface area contributed by atoms with Crippen molar-refractivity contribution in [3.63, 3.8) is 0 Å². The number of aliphatic hydroxyl groups is 1. The van der Waals surface area contributed by atoms with Gasteiger partial charge < -0.3 is 15.9 Å². The lowest BCUT2D eigenvalue weighted by molar-refractivity contribution is 0.0970. The minimum atomic E-state index is -0.636. The van der Waals surface area contributed by atoms with Crippen LogP contribution in [-0.2, 0) is 0 Å². The molecule has 0 heterocycles. The Bertz CT molecular complexity index is 299. The summed E-state index contributed by atoms with van der Waals surface area (Å²) in [6.07, 6.45) is -0.636. The average Bonchev–Trinajstić information content (AvgIpc) is 2.16. The van der Waals surface area contributed by atoms with E-state index in [4.69, 9.17) is 5.73 Å². The molecule has 3 nitrogen and oxygen atoms in total. The number of benzene rings is 1. The van der Waals surface area contributed by atoms with E-state index in [1.54, 1.807) is 24.3 Å². The molecule has 0 spiro atoms. The number of phenolic OH excluding ortho intramolecular Hbond substituents is 1. The molecular formula is C11H17NO2. The molecule has 0 aliphatic rings. The van der Waals surface area contributed by atoms with Crippen LogP contribution in [0.25, 0.3) is 0 Å². The maximum atomic E-state index is 9.74. The maximum absolute atomic E-state index is 9.74. The smallest absolute Gasteiger partial charge is 0.120 e. The molecule has 0 fully saturated rings. The van der Waals surface area contributed by atoms with Gasteiger partial charge in [-0.3, -0.25) is 0 Å². The second-order valence-corrected chi connectivity index (χ2v) is 3.82. The molecule has 1 aromatic carbocycles. The number of para-hydroxylation sites is 1. The van der Waals surface area contributed by atoms with Crippen LogP contribution in [0.5, 0.6) is 5.75 Å². The van der Waals surface area contributed by atoms with Crippen molar-refractivity contribution in [2.24, 2.45) is 11.7 Å². The second kappa shape index (κ2) is 4.44. The minimum Gasteiger partial charge on any atom is -0.508 e. The molecule has 0 aliphatic heterocycles. The van der Waals surface area contributed by atoms with Crippen molar-refractivity contribution in [2.45, 2.75) is 26.0 Å². The van der Waals surface area contributed by atoms with Gasteiger partial charge >= 0.3 is 0 Å². The van der Waals surface area contributed by atoms with E-state index in [-0.39, 0.29) is 11.7 Å². The first kappa shape index (κ1) is 11.0. The fourth-order valence-corrected chi connectivity index (χ4v) is 1.37. The van der Waals surface area contributed by atoms with Gasteiger partial charge in [-0.05, 0) is 12.0 Å². The Labute approximate surface area is 84.2 Å². The summed E-state index contributed by atoms with van der Waals surface area (Å²) >= 11 is 0. The Kier molecular flexibility index (Phi) is 3.49. The molecule has 0 radical (unpaired) electrons. The number of hydrogen-bond acceptors (Lipinski definition) is 3. The Morgan fingerprint density at radius 2 is 1.79 bits per heavy atom. The van der Waals surface area contributed by atoms with Crippen molar-refractivity contribution < 1.29 is 10.2 Å². The van der Waals surface area contributed by atoms with Gasteiger partial charge in [0.2, 0.25) is 0 Å². The molecule has 2 atom stereocenters. The molecule has 0 amide bonds. The molecule has 0 aromatic heterocycles. The normalized spacial score (nSPS) is 15.5. The van der Waals surface area contributed by atoms with Crippen molar-refractivity contribution in [3.8, 4) is 5.75 Å². The predicted octanol–water partition coefficient (Wildman–Crippen LogP) is 1.41. The van der Waals surface area contributed by atoms with Crippen LogP contribution in [0.4, 0.5) is 0 Å². The van der Waals surface area contributed by atoms with Gasteiger partial charge in [0.05, 0.1) is 12.1 Å². The van der Waals surface area contributed by atoms with Gasteiger partial charge in [0, 0.05) is 5.56 Å². The van der Waals surface area contributed by atoms with Crippen molar-refractivity contribution in [2.75, 3.05) is 0 Å². The summed E-state index contributed by atoms with van der Waals surface area (Å²) in [6, 6.07) is 6.29. The molecule has 14 heavy (non-hydrogen) atoms. The molecule has 0 bridgehead atoms. The number of phenols is 1. The van der Waals surface area contributed by atoms with Crippen LogP contribution in [0, 0.1) is 5.92 Å². The first-order chi connectivity index (χ1) is 6.54. The third-order valence-electron chi connectivity index (χ3n) is 2.35. The first-order valence-electron chi connectivity index (χ1n) is 4.75. The van der Waals surface area contributed by atoms with Crippen LogP contribution in [0.1, 0.15) is 25.5 Å². The number of nitrogens with two attached hydrogens (primary N) is 1. The molecule has 4 N–H and O–H groups in total. The van der Waals surface area contributed by atoms with E-state index in [9.17, 15) is 10.2 Å². The highest BCUT2D eigenvalue weighted by atomic mass is 16.3. The van der Waals surface area contributed by atoms with E-state index < -0.39 is 12.1 Å². The highest BCUT2D eigenvalue weighted by Crippen LogP contribution is 2.26. The fourth-order valence-electron chi connectivity index (χ4n) is 1.37. The van der Waals surface area contributed by atoms with E-state index in [2.05, 4.69) is 0 Å².